The third kappa shape index (κ3) is 4.97. The van der Waals surface area contributed by atoms with Gasteiger partial charge < -0.3 is 15.1 Å². The van der Waals surface area contributed by atoms with Gasteiger partial charge in [-0.2, -0.15) is 0 Å². The first-order valence-electron chi connectivity index (χ1n) is 8.48. The van der Waals surface area contributed by atoms with Crippen LogP contribution in [0, 0.1) is 0 Å². The lowest BCUT2D eigenvalue weighted by Crippen LogP contribution is -2.47. The molecule has 0 spiro atoms. The van der Waals surface area contributed by atoms with E-state index in [1.807, 2.05) is 23.1 Å². The second-order valence-corrected chi connectivity index (χ2v) is 6.87. The molecule has 2 aliphatic rings. The zero-order chi connectivity index (χ0) is 16.2. The first kappa shape index (κ1) is 19.8. The number of hydrogen-bond acceptors (Lipinski definition) is 5. The molecule has 0 amide bonds. The lowest BCUT2D eigenvalue weighted by atomic mass is 10.2. The van der Waals surface area contributed by atoms with Crippen LogP contribution in [-0.2, 0) is 0 Å². The van der Waals surface area contributed by atoms with E-state index in [9.17, 15) is 10.2 Å². The zero-order valence-electron chi connectivity index (χ0n) is 13.9. The largest absolute Gasteiger partial charge is 0.378 e. The number of rotatable bonds is 5. The summed E-state index contributed by atoms with van der Waals surface area (Å²) in [5, 5.41) is 20.4. The van der Waals surface area contributed by atoms with Gasteiger partial charge in [-0.3, -0.25) is 9.80 Å². The van der Waals surface area contributed by atoms with Gasteiger partial charge in [0, 0.05) is 43.4 Å². The molecular formula is C17H27Cl2N3O2. The molecule has 136 valence electrons. The molecule has 2 N–H and O–H groups in total. The highest BCUT2D eigenvalue weighted by Gasteiger charge is 2.29. The van der Waals surface area contributed by atoms with Crippen molar-refractivity contribution in [2.75, 3.05) is 44.2 Å². The van der Waals surface area contributed by atoms with Crippen molar-refractivity contribution in [2.24, 2.45) is 0 Å². The highest BCUT2D eigenvalue weighted by Crippen LogP contribution is 2.22. The molecule has 2 saturated heterocycles. The summed E-state index contributed by atoms with van der Waals surface area (Å²) >= 11 is 6.06. The highest BCUT2D eigenvalue weighted by molar-refractivity contribution is 6.30. The summed E-state index contributed by atoms with van der Waals surface area (Å²) in [7, 11) is 0. The first-order valence-corrected chi connectivity index (χ1v) is 8.86. The average Bonchev–Trinajstić information content (AvgIpc) is 2.87. The van der Waals surface area contributed by atoms with Gasteiger partial charge in [0.05, 0.1) is 0 Å². The Kier molecular flexibility index (Phi) is 7.60. The van der Waals surface area contributed by atoms with Gasteiger partial charge in [0.2, 0.25) is 0 Å². The topological polar surface area (TPSA) is 50.2 Å². The number of likely N-dealkylation sites (tertiary alicyclic amines) is 1. The fraction of sp³-hybridized carbons (Fsp3) is 0.647. The van der Waals surface area contributed by atoms with Gasteiger partial charge >= 0.3 is 0 Å². The van der Waals surface area contributed by atoms with E-state index in [1.165, 1.54) is 5.69 Å². The summed E-state index contributed by atoms with van der Waals surface area (Å²) in [6.45, 7) is 5.87. The summed E-state index contributed by atoms with van der Waals surface area (Å²) in [5.74, 6) is 0. The smallest absolute Gasteiger partial charge is 0.109 e. The van der Waals surface area contributed by atoms with Crippen molar-refractivity contribution < 1.29 is 10.2 Å². The van der Waals surface area contributed by atoms with Crippen molar-refractivity contribution in [1.29, 1.82) is 0 Å². The van der Waals surface area contributed by atoms with E-state index in [0.29, 0.717) is 12.8 Å². The molecule has 1 aromatic carbocycles. The van der Waals surface area contributed by atoms with Crippen LogP contribution < -0.4 is 4.90 Å². The molecule has 0 bridgehead atoms. The maximum Gasteiger partial charge on any atom is 0.109 e. The maximum absolute atomic E-state index is 9.81. The van der Waals surface area contributed by atoms with Crippen LogP contribution in [0.2, 0.25) is 5.02 Å². The number of anilines is 1. The Morgan fingerprint density at radius 3 is 2.29 bits per heavy atom. The lowest BCUT2D eigenvalue weighted by molar-refractivity contribution is -0.0541. The molecule has 3 rings (SSSR count). The predicted molar refractivity (Wildman–Crippen MR) is 99.9 cm³/mol. The van der Waals surface area contributed by atoms with Crippen LogP contribution in [-0.4, -0.2) is 71.7 Å². The molecule has 24 heavy (non-hydrogen) atoms. The monoisotopic (exact) mass is 375 g/mol. The average molecular weight is 376 g/mol. The third-order valence-corrected chi connectivity index (χ3v) is 5.12. The maximum atomic E-state index is 9.81. The summed E-state index contributed by atoms with van der Waals surface area (Å²) in [6.07, 6.45) is 1.40. The SMILES string of the molecule is Cl.OC1CCC(O)N1CCCN1CCN(c2cccc(Cl)c2)CC1. The Hall–Kier alpha value is -0.560. The van der Waals surface area contributed by atoms with Gasteiger partial charge in [0.25, 0.3) is 0 Å². The molecule has 2 aliphatic heterocycles. The third-order valence-electron chi connectivity index (χ3n) is 4.89. The van der Waals surface area contributed by atoms with Gasteiger partial charge in [-0.25, -0.2) is 0 Å². The van der Waals surface area contributed by atoms with Crippen LogP contribution in [0.5, 0.6) is 0 Å². The highest BCUT2D eigenvalue weighted by atomic mass is 35.5. The summed E-state index contributed by atoms with van der Waals surface area (Å²) < 4.78 is 0. The molecule has 7 heteroatoms. The fourth-order valence-corrected chi connectivity index (χ4v) is 3.69. The van der Waals surface area contributed by atoms with Crippen LogP contribution in [0.3, 0.4) is 0 Å². The summed E-state index contributed by atoms with van der Waals surface area (Å²) in [6, 6.07) is 8.03. The molecule has 0 aliphatic carbocycles. The molecule has 1 aromatic rings. The number of benzene rings is 1. The normalized spacial score (nSPS) is 25.7. The summed E-state index contributed by atoms with van der Waals surface area (Å²) in [4.78, 5) is 6.63. The number of nitrogens with zero attached hydrogens (tertiary/aromatic N) is 3. The van der Waals surface area contributed by atoms with Crippen molar-refractivity contribution >= 4 is 29.7 Å². The van der Waals surface area contributed by atoms with Gasteiger partial charge in [-0.15, -0.1) is 12.4 Å². The van der Waals surface area contributed by atoms with Crippen molar-refractivity contribution in [3.63, 3.8) is 0 Å². The minimum Gasteiger partial charge on any atom is -0.378 e. The van der Waals surface area contributed by atoms with Crippen molar-refractivity contribution in [1.82, 2.24) is 9.80 Å². The molecule has 2 heterocycles. The Labute approximate surface area is 155 Å². The van der Waals surface area contributed by atoms with Crippen molar-refractivity contribution in [3.05, 3.63) is 29.3 Å². The van der Waals surface area contributed by atoms with Crippen LogP contribution in [0.15, 0.2) is 24.3 Å². The van der Waals surface area contributed by atoms with E-state index in [-0.39, 0.29) is 12.4 Å². The van der Waals surface area contributed by atoms with E-state index in [4.69, 9.17) is 11.6 Å². The Balaban J connectivity index is 0.00000208. The number of aliphatic hydroxyl groups is 2. The van der Waals surface area contributed by atoms with E-state index in [1.54, 1.807) is 0 Å². The minimum absolute atomic E-state index is 0. The number of halogens is 2. The number of aliphatic hydroxyl groups excluding tert-OH is 2. The standard InChI is InChI=1S/C17H26ClN3O2.ClH/c18-14-3-1-4-15(13-14)20-11-9-19(10-12-20)7-2-8-21-16(22)5-6-17(21)23;/h1,3-4,13,16-17,22-23H,2,5-12H2;1H. The van der Waals surface area contributed by atoms with Crippen LogP contribution in [0.4, 0.5) is 5.69 Å². The molecule has 2 unspecified atom stereocenters. The molecule has 0 aromatic heterocycles. The molecule has 0 radical (unpaired) electrons. The minimum atomic E-state index is -0.468. The Morgan fingerprint density at radius 2 is 1.67 bits per heavy atom. The number of hydrogen-bond donors (Lipinski definition) is 2. The van der Waals surface area contributed by atoms with Gasteiger partial charge in [0.1, 0.15) is 12.5 Å². The van der Waals surface area contributed by atoms with Crippen LogP contribution in [0.1, 0.15) is 19.3 Å². The van der Waals surface area contributed by atoms with Crippen LogP contribution in [0.25, 0.3) is 0 Å². The first-order chi connectivity index (χ1) is 11.1. The second kappa shape index (κ2) is 9.22. The molecular weight excluding hydrogens is 349 g/mol. The van der Waals surface area contributed by atoms with E-state index in [0.717, 1.165) is 50.7 Å². The second-order valence-electron chi connectivity index (χ2n) is 6.44. The van der Waals surface area contributed by atoms with E-state index < -0.39 is 12.5 Å². The van der Waals surface area contributed by atoms with Crippen molar-refractivity contribution in [2.45, 2.75) is 31.7 Å². The van der Waals surface area contributed by atoms with Gasteiger partial charge in [-0.05, 0) is 44.0 Å². The zero-order valence-corrected chi connectivity index (χ0v) is 15.4. The molecule has 0 saturated carbocycles. The quantitative estimate of drug-likeness (QED) is 0.824. The van der Waals surface area contributed by atoms with Crippen LogP contribution >= 0.6 is 24.0 Å². The fourth-order valence-electron chi connectivity index (χ4n) is 3.51. The van der Waals surface area contributed by atoms with E-state index >= 15 is 0 Å². The molecule has 2 atom stereocenters. The lowest BCUT2D eigenvalue weighted by Gasteiger charge is -2.36. The number of piperazine rings is 1. The Bertz CT molecular complexity index is 502. The Morgan fingerprint density at radius 1 is 1.00 bits per heavy atom. The van der Waals surface area contributed by atoms with E-state index in [2.05, 4.69) is 15.9 Å². The predicted octanol–water partition coefficient (Wildman–Crippen LogP) is 2.01. The molecule has 2 fully saturated rings. The van der Waals surface area contributed by atoms with Gasteiger partial charge in [-0.1, -0.05) is 17.7 Å². The molecule has 5 nitrogen and oxygen atoms in total. The van der Waals surface area contributed by atoms with Crippen molar-refractivity contribution in [3.8, 4) is 0 Å². The van der Waals surface area contributed by atoms with Gasteiger partial charge in [0.15, 0.2) is 0 Å². The summed E-state index contributed by atoms with van der Waals surface area (Å²) in [5.41, 5.74) is 1.19.